The normalized spacial score (nSPS) is 10.1. The summed E-state index contributed by atoms with van der Waals surface area (Å²) in [5.41, 5.74) is 4.06. The van der Waals surface area contributed by atoms with Gasteiger partial charge in [-0.2, -0.15) is 0 Å². The van der Waals surface area contributed by atoms with Gasteiger partial charge in [0.15, 0.2) is 0 Å². The van der Waals surface area contributed by atoms with Gasteiger partial charge in [0.05, 0.1) is 20.8 Å². The van der Waals surface area contributed by atoms with Crippen LogP contribution in [0.4, 0.5) is 34.1 Å². The molecule has 118 valence electrons. The number of hydrogen-bond acceptors (Lipinski definition) is 8. The summed E-state index contributed by atoms with van der Waals surface area (Å²) in [6, 6.07) is 6.70. The molecule has 3 N–H and O–H groups in total. The minimum Gasteiger partial charge on any atom is -0.399 e. The number of nitrogens with one attached hydrogen (secondary N) is 1. The molecule has 0 fully saturated rings. The first-order valence-electron chi connectivity index (χ1n) is 6.03. The van der Waals surface area contributed by atoms with Crippen LogP contribution in [-0.2, 0) is 0 Å². The van der Waals surface area contributed by atoms with Gasteiger partial charge < -0.3 is 11.1 Å². The van der Waals surface area contributed by atoms with E-state index in [1.165, 1.54) is 12.1 Å². The molecule has 0 amide bonds. The van der Waals surface area contributed by atoms with Gasteiger partial charge in [-0.15, -0.1) is 0 Å². The summed E-state index contributed by atoms with van der Waals surface area (Å²) in [6.45, 7) is 0. The Morgan fingerprint density at radius 2 is 1.30 bits per heavy atom. The third kappa shape index (κ3) is 3.29. The van der Waals surface area contributed by atoms with E-state index in [1.807, 2.05) is 0 Å². The summed E-state index contributed by atoms with van der Waals surface area (Å²) >= 11 is 0. The summed E-state index contributed by atoms with van der Waals surface area (Å²) in [7, 11) is 0. The maximum absolute atomic E-state index is 11.0. The standard InChI is InChI=1S/C12H9N5O6/c13-7-1-3-9(11(5-7)16(20)21)14-10-4-2-8(15(18)19)6-12(10)17(22)23/h1-6,14H,13H2. The maximum atomic E-state index is 11.0. The first kappa shape index (κ1) is 15.6. The van der Waals surface area contributed by atoms with Gasteiger partial charge in [-0.3, -0.25) is 30.3 Å². The summed E-state index contributed by atoms with van der Waals surface area (Å²) < 4.78 is 0. The molecular formula is C12H9N5O6. The number of benzene rings is 2. The second-order valence-electron chi connectivity index (χ2n) is 4.37. The van der Waals surface area contributed by atoms with Crippen molar-refractivity contribution in [3.8, 4) is 0 Å². The Kier molecular flexibility index (Phi) is 4.03. The average Bonchev–Trinajstić information content (AvgIpc) is 2.48. The molecule has 0 saturated heterocycles. The van der Waals surface area contributed by atoms with Crippen molar-refractivity contribution in [2.45, 2.75) is 0 Å². The zero-order valence-electron chi connectivity index (χ0n) is 11.3. The zero-order chi connectivity index (χ0) is 17.1. The van der Waals surface area contributed by atoms with Crippen LogP contribution < -0.4 is 11.1 Å². The van der Waals surface area contributed by atoms with Gasteiger partial charge in [0, 0.05) is 17.8 Å². The first-order chi connectivity index (χ1) is 10.8. The lowest BCUT2D eigenvalue weighted by Crippen LogP contribution is -2.01. The highest BCUT2D eigenvalue weighted by molar-refractivity contribution is 5.77. The Labute approximate surface area is 127 Å². The van der Waals surface area contributed by atoms with E-state index in [2.05, 4.69) is 5.32 Å². The van der Waals surface area contributed by atoms with Crippen LogP contribution in [0.5, 0.6) is 0 Å². The molecule has 2 aromatic rings. The fourth-order valence-corrected chi connectivity index (χ4v) is 1.84. The number of nitrogens with two attached hydrogens (primary N) is 1. The van der Waals surface area contributed by atoms with Crippen LogP contribution in [0.1, 0.15) is 0 Å². The highest BCUT2D eigenvalue weighted by atomic mass is 16.6. The number of rotatable bonds is 5. The molecule has 0 spiro atoms. The largest absolute Gasteiger partial charge is 0.399 e. The van der Waals surface area contributed by atoms with Crippen LogP contribution in [0.3, 0.4) is 0 Å². The minimum atomic E-state index is -0.821. The van der Waals surface area contributed by atoms with Crippen molar-refractivity contribution in [3.05, 3.63) is 66.7 Å². The third-order valence-corrected chi connectivity index (χ3v) is 2.88. The predicted octanol–water partition coefficient (Wildman–Crippen LogP) is 2.74. The lowest BCUT2D eigenvalue weighted by Gasteiger charge is -2.08. The van der Waals surface area contributed by atoms with Gasteiger partial charge in [0.1, 0.15) is 11.4 Å². The summed E-state index contributed by atoms with van der Waals surface area (Å²) in [5, 5.41) is 35.3. The van der Waals surface area contributed by atoms with Crippen LogP contribution in [0.2, 0.25) is 0 Å². The van der Waals surface area contributed by atoms with Gasteiger partial charge >= 0.3 is 0 Å². The monoisotopic (exact) mass is 319 g/mol. The minimum absolute atomic E-state index is 0.0267. The lowest BCUT2D eigenvalue weighted by molar-refractivity contribution is -0.393. The van der Waals surface area contributed by atoms with Crippen LogP contribution >= 0.6 is 0 Å². The maximum Gasteiger partial charge on any atom is 0.299 e. The molecule has 11 heteroatoms. The van der Waals surface area contributed by atoms with E-state index in [-0.39, 0.29) is 22.7 Å². The lowest BCUT2D eigenvalue weighted by atomic mass is 10.2. The van der Waals surface area contributed by atoms with Crippen molar-refractivity contribution in [2.75, 3.05) is 11.1 Å². The van der Waals surface area contributed by atoms with Crippen molar-refractivity contribution in [1.82, 2.24) is 0 Å². The van der Waals surface area contributed by atoms with Crippen molar-refractivity contribution in [3.63, 3.8) is 0 Å². The highest BCUT2D eigenvalue weighted by Gasteiger charge is 2.22. The predicted molar refractivity (Wildman–Crippen MR) is 80.5 cm³/mol. The van der Waals surface area contributed by atoms with E-state index in [4.69, 9.17) is 5.73 Å². The number of anilines is 3. The fraction of sp³-hybridized carbons (Fsp3) is 0. The molecule has 11 nitrogen and oxygen atoms in total. The van der Waals surface area contributed by atoms with Crippen molar-refractivity contribution < 1.29 is 14.8 Å². The second kappa shape index (κ2) is 5.93. The summed E-state index contributed by atoms with van der Waals surface area (Å²) in [6.07, 6.45) is 0. The molecule has 2 aromatic carbocycles. The Balaban J connectivity index is 2.50. The number of nitrogens with zero attached hydrogens (tertiary/aromatic N) is 3. The Morgan fingerprint density at radius 3 is 1.83 bits per heavy atom. The molecular weight excluding hydrogens is 310 g/mol. The first-order valence-corrected chi connectivity index (χ1v) is 6.03. The number of nitro groups is 3. The average molecular weight is 319 g/mol. The third-order valence-electron chi connectivity index (χ3n) is 2.88. The number of nitro benzene ring substituents is 3. The molecule has 0 saturated carbocycles. The van der Waals surface area contributed by atoms with Crippen LogP contribution in [0.25, 0.3) is 0 Å². The Hall–Kier alpha value is -3.76. The van der Waals surface area contributed by atoms with Gasteiger partial charge in [-0.25, -0.2) is 0 Å². The van der Waals surface area contributed by atoms with Gasteiger partial charge in [-0.05, 0) is 18.2 Å². The molecule has 0 unspecified atom stereocenters. The highest BCUT2D eigenvalue weighted by Crippen LogP contribution is 2.35. The van der Waals surface area contributed by atoms with E-state index in [0.29, 0.717) is 0 Å². The molecule has 23 heavy (non-hydrogen) atoms. The van der Waals surface area contributed by atoms with E-state index >= 15 is 0 Å². The van der Waals surface area contributed by atoms with E-state index in [1.54, 1.807) is 0 Å². The van der Waals surface area contributed by atoms with Crippen molar-refractivity contribution >= 4 is 34.1 Å². The van der Waals surface area contributed by atoms with Crippen LogP contribution in [0.15, 0.2) is 36.4 Å². The van der Waals surface area contributed by atoms with Crippen molar-refractivity contribution in [2.24, 2.45) is 0 Å². The SMILES string of the molecule is Nc1ccc(Nc2ccc([N+](=O)[O-])cc2[N+](=O)[O-])c([N+](=O)[O-])c1. The summed E-state index contributed by atoms with van der Waals surface area (Å²) in [4.78, 5) is 30.5. The molecule has 0 radical (unpaired) electrons. The summed E-state index contributed by atoms with van der Waals surface area (Å²) in [5.74, 6) is 0. The molecule has 0 bridgehead atoms. The molecule has 2 rings (SSSR count). The molecule has 0 atom stereocenters. The molecule has 0 heterocycles. The van der Waals surface area contributed by atoms with Gasteiger partial charge in [0.2, 0.25) is 0 Å². The van der Waals surface area contributed by atoms with Gasteiger partial charge in [-0.1, -0.05) is 0 Å². The van der Waals surface area contributed by atoms with E-state index in [0.717, 1.165) is 24.3 Å². The molecule has 0 aromatic heterocycles. The second-order valence-corrected chi connectivity index (χ2v) is 4.37. The van der Waals surface area contributed by atoms with Crippen LogP contribution in [-0.4, -0.2) is 14.8 Å². The van der Waals surface area contributed by atoms with Gasteiger partial charge in [0.25, 0.3) is 17.1 Å². The quantitative estimate of drug-likeness (QED) is 0.481. The topological polar surface area (TPSA) is 167 Å². The van der Waals surface area contributed by atoms with E-state index < -0.39 is 26.1 Å². The number of hydrogen-bond donors (Lipinski definition) is 2. The molecule has 0 aliphatic heterocycles. The van der Waals surface area contributed by atoms with E-state index in [9.17, 15) is 30.3 Å². The van der Waals surface area contributed by atoms with Crippen molar-refractivity contribution in [1.29, 1.82) is 0 Å². The zero-order valence-corrected chi connectivity index (χ0v) is 11.3. The molecule has 0 aliphatic carbocycles. The number of non-ortho nitro benzene ring substituents is 1. The van der Waals surface area contributed by atoms with Crippen LogP contribution in [0, 0.1) is 30.3 Å². The Morgan fingerprint density at radius 1 is 0.783 bits per heavy atom. The smallest absolute Gasteiger partial charge is 0.299 e. The fourth-order valence-electron chi connectivity index (χ4n) is 1.84. The number of nitrogen functional groups attached to an aromatic ring is 1. The molecule has 0 aliphatic rings. The Bertz CT molecular complexity index is 822.